The van der Waals surface area contributed by atoms with Crippen LogP contribution in [0, 0.1) is 5.82 Å². The lowest BCUT2D eigenvalue weighted by Gasteiger charge is -2.46. The molecular weight excluding hydrogens is 603 g/mol. The van der Waals surface area contributed by atoms with Crippen LogP contribution in [0.25, 0.3) is 0 Å². The summed E-state index contributed by atoms with van der Waals surface area (Å²) in [5.41, 5.74) is 2.41. The van der Waals surface area contributed by atoms with Gasteiger partial charge in [-0.25, -0.2) is 4.39 Å². The number of halogens is 1. The van der Waals surface area contributed by atoms with Crippen molar-refractivity contribution in [2.75, 3.05) is 90.4 Å². The van der Waals surface area contributed by atoms with Crippen LogP contribution in [0.4, 0.5) is 10.1 Å². The highest BCUT2D eigenvalue weighted by Crippen LogP contribution is 2.37. The maximum atomic E-state index is 14.3. The third-order valence-corrected chi connectivity index (χ3v) is 9.83. The maximum Gasteiger partial charge on any atom is 0.241 e. The molecule has 0 spiro atoms. The van der Waals surface area contributed by atoms with E-state index in [1.165, 1.54) is 12.1 Å². The van der Waals surface area contributed by atoms with Gasteiger partial charge in [-0.05, 0) is 51.5 Å². The van der Waals surface area contributed by atoms with E-state index in [-0.39, 0.29) is 29.8 Å². The summed E-state index contributed by atoms with van der Waals surface area (Å²) in [4.78, 5) is 28.2. The van der Waals surface area contributed by atoms with Gasteiger partial charge < -0.3 is 29.2 Å². The zero-order valence-corrected chi connectivity index (χ0v) is 28.3. The van der Waals surface area contributed by atoms with E-state index >= 15 is 0 Å². The van der Waals surface area contributed by atoms with Crippen LogP contribution >= 0.6 is 0 Å². The number of ether oxygens (including phenoxy) is 4. The number of carbonyl (C=O) groups is 1. The van der Waals surface area contributed by atoms with Crippen molar-refractivity contribution in [2.45, 2.75) is 64.3 Å². The Labute approximate surface area is 278 Å². The van der Waals surface area contributed by atoms with Crippen LogP contribution in [0.2, 0.25) is 0 Å². The molecule has 3 fully saturated rings. The number of nitrogens with zero attached hydrogens (tertiary/aromatic N) is 5. The first-order valence-electron chi connectivity index (χ1n) is 17.2. The number of aromatic nitrogens is 1. The molecule has 5 atom stereocenters. The molecule has 11 nitrogen and oxygen atoms in total. The van der Waals surface area contributed by atoms with Crippen LogP contribution < -0.4 is 19.7 Å². The molecule has 0 radical (unpaired) electrons. The Morgan fingerprint density at radius 2 is 1.77 bits per heavy atom. The lowest BCUT2D eigenvalue weighted by Crippen LogP contribution is -2.63. The molecule has 0 aliphatic carbocycles. The number of piperazine rings is 1. The topological polar surface area (TPSA) is 91.9 Å². The van der Waals surface area contributed by atoms with E-state index in [4.69, 9.17) is 23.9 Å². The number of rotatable bonds is 10. The summed E-state index contributed by atoms with van der Waals surface area (Å²) < 4.78 is 37.4. The fraction of sp³-hybridized carbons (Fsp3) is 0.657. The van der Waals surface area contributed by atoms with Crippen molar-refractivity contribution in [3.05, 3.63) is 47.3 Å². The number of nitrogens with one attached hydrogen (secondary N) is 1. The minimum absolute atomic E-state index is 0.0275. The zero-order valence-electron chi connectivity index (χ0n) is 28.3. The Morgan fingerprint density at radius 3 is 2.51 bits per heavy atom. The summed E-state index contributed by atoms with van der Waals surface area (Å²) in [6.07, 6.45) is 0.483. The summed E-state index contributed by atoms with van der Waals surface area (Å²) in [6.45, 7) is 17.6. The second kappa shape index (κ2) is 15.6. The highest BCUT2D eigenvalue weighted by molar-refractivity contribution is 5.97. The van der Waals surface area contributed by atoms with E-state index in [1.807, 2.05) is 17.9 Å². The van der Waals surface area contributed by atoms with Crippen molar-refractivity contribution < 1.29 is 28.1 Å². The van der Waals surface area contributed by atoms with E-state index in [2.05, 4.69) is 40.8 Å². The lowest BCUT2D eigenvalue weighted by atomic mass is 10.0. The van der Waals surface area contributed by atoms with Crippen LogP contribution in [0.3, 0.4) is 0 Å². The second-order valence-corrected chi connectivity index (χ2v) is 13.6. The molecule has 1 amide bonds. The van der Waals surface area contributed by atoms with Crippen molar-refractivity contribution >= 4 is 11.6 Å². The van der Waals surface area contributed by atoms with Crippen LogP contribution in [0.15, 0.2) is 30.3 Å². The Bertz CT molecular complexity index is 1330. The Morgan fingerprint density at radius 1 is 1.02 bits per heavy atom. The molecule has 1 N–H and O–H groups in total. The van der Waals surface area contributed by atoms with Crippen LogP contribution in [-0.2, 0) is 20.7 Å². The molecule has 0 saturated carbocycles. The van der Waals surface area contributed by atoms with Crippen molar-refractivity contribution in [2.24, 2.45) is 0 Å². The molecule has 12 heteroatoms. The van der Waals surface area contributed by atoms with E-state index in [9.17, 15) is 9.18 Å². The number of morpholine rings is 2. The minimum Gasteiger partial charge on any atom is -0.476 e. The fourth-order valence-electron chi connectivity index (χ4n) is 7.14. The smallest absolute Gasteiger partial charge is 0.241 e. The molecule has 2 aromatic rings. The molecule has 47 heavy (non-hydrogen) atoms. The standard InChI is InChI=1S/C35H51FN6O5/c1-24-18-40(31(17-37-24)19-41-25(2)21-45-22-26(41)3)20-33(43)42-27(4)23-47-35-32(42)16-29(15-28-5-7-30(36)8-6-28)34(38-35)46-14-11-39-9-12-44-13-10-39/h5-8,16,24-27,31,37H,9-15,17-23H2,1-4H3/t24-,25-,26-,27+,31-/m1/s1. The molecule has 5 heterocycles. The number of hydrogen-bond acceptors (Lipinski definition) is 10. The first kappa shape index (κ1) is 34.0. The SMILES string of the molecule is C[C@@H]1CN(CC(=O)N2c3cc(Cc4ccc(F)cc4)c(OCCN4CCOCC4)nc3OC[C@@H]2C)[C@@H](CN2[C@H](C)COC[C@H]2C)CN1. The minimum atomic E-state index is -0.281. The largest absolute Gasteiger partial charge is 0.476 e. The van der Waals surface area contributed by atoms with E-state index in [1.54, 1.807) is 12.1 Å². The van der Waals surface area contributed by atoms with Gasteiger partial charge in [0.15, 0.2) is 0 Å². The Kier molecular flexibility index (Phi) is 11.3. The van der Waals surface area contributed by atoms with Crippen molar-refractivity contribution in [1.82, 2.24) is 25.0 Å². The van der Waals surface area contributed by atoms with Gasteiger partial charge in [-0.15, -0.1) is 0 Å². The molecule has 258 valence electrons. The maximum absolute atomic E-state index is 14.3. The van der Waals surface area contributed by atoms with Crippen molar-refractivity contribution in [3.8, 4) is 11.8 Å². The van der Waals surface area contributed by atoms with Crippen LogP contribution in [0.5, 0.6) is 11.8 Å². The highest BCUT2D eigenvalue weighted by atomic mass is 19.1. The molecule has 6 rings (SSSR count). The third kappa shape index (κ3) is 8.41. The van der Waals surface area contributed by atoms with Gasteiger partial charge in [-0.2, -0.15) is 4.98 Å². The average Bonchev–Trinajstić information content (AvgIpc) is 3.05. The zero-order chi connectivity index (χ0) is 32.9. The molecule has 1 aromatic carbocycles. The Balaban J connectivity index is 1.23. The van der Waals surface area contributed by atoms with E-state index < -0.39 is 0 Å². The predicted octanol–water partition coefficient (Wildman–Crippen LogP) is 2.41. The van der Waals surface area contributed by atoms with Gasteiger partial charge in [0.25, 0.3) is 0 Å². The molecular formula is C35H51FN6O5. The fourth-order valence-corrected chi connectivity index (χ4v) is 7.14. The molecule has 0 unspecified atom stereocenters. The number of hydrogen-bond donors (Lipinski definition) is 1. The van der Waals surface area contributed by atoms with Gasteiger partial charge in [0.2, 0.25) is 17.7 Å². The second-order valence-electron chi connectivity index (χ2n) is 13.6. The van der Waals surface area contributed by atoms with Crippen LogP contribution in [0.1, 0.15) is 38.8 Å². The summed E-state index contributed by atoms with van der Waals surface area (Å²) in [5, 5.41) is 3.64. The number of fused-ring (bicyclic) bond motifs is 1. The van der Waals surface area contributed by atoms with Gasteiger partial charge >= 0.3 is 0 Å². The van der Waals surface area contributed by atoms with Crippen molar-refractivity contribution in [3.63, 3.8) is 0 Å². The van der Waals surface area contributed by atoms with Crippen molar-refractivity contribution in [1.29, 1.82) is 0 Å². The van der Waals surface area contributed by atoms with Gasteiger partial charge in [0.1, 0.15) is 24.7 Å². The summed E-state index contributed by atoms with van der Waals surface area (Å²) in [5.74, 6) is 0.631. The summed E-state index contributed by atoms with van der Waals surface area (Å²) in [7, 11) is 0. The summed E-state index contributed by atoms with van der Waals surface area (Å²) in [6, 6.07) is 9.44. The number of carbonyl (C=O) groups excluding carboxylic acids is 1. The van der Waals surface area contributed by atoms with Gasteiger partial charge in [0.05, 0.1) is 39.0 Å². The Hall–Kier alpha value is -2.87. The average molecular weight is 655 g/mol. The van der Waals surface area contributed by atoms with E-state index in [0.29, 0.717) is 55.7 Å². The van der Waals surface area contributed by atoms with Crippen LogP contribution in [-0.4, -0.2) is 141 Å². The number of amides is 1. The third-order valence-electron chi connectivity index (χ3n) is 9.83. The van der Waals surface area contributed by atoms with Gasteiger partial charge in [-0.3, -0.25) is 19.5 Å². The normalized spacial score (nSPS) is 27.7. The molecule has 3 saturated heterocycles. The van der Waals surface area contributed by atoms with Gasteiger partial charge in [-0.1, -0.05) is 12.1 Å². The molecule has 0 bridgehead atoms. The molecule has 4 aliphatic rings. The first-order valence-corrected chi connectivity index (χ1v) is 17.2. The number of benzene rings is 1. The quantitative estimate of drug-likeness (QED) is 0.412. The summed E-state index contributed by atoms with van der Waals surface area (Å²) >= 11 is 0. The van der Waals surface area contributed by atoms with E-state index in [0.717, 1.165) is 76.8 Å². The lowest BCUT2D eigenvalue weighted by molar-refractivity contribution is -0.122. The highest BCUT2D eigenvalue weighted by Gasteiger charge is 2.37. The number of anilines is 1. The van der Waals surface area contributed by atoms with Gasteiger partial charge in [0, 0.05) is 75.4 Å². The molecule has 1 aromatic heterocycles. The number of pyridine rings is 1. The monoisotopic (exact) mass is 654 g/mol. The molecule has 4 aliphatic heterocycles. The first-order chi connectivity index (χ1) is 22.7. The predicted molar refractivity (Wildman–Crippen MR) is 178 cm³/mol.